The van der Waals surface area contributed by atoms with Crippen LogP contribution in [0.2, 0.25) is 0 Å². The Morgan fingerprint density at radius 1 is 1.57 bits per heavy atom. The van der Waals surface area contributed by atoms with Gasteiger partial charge in [-0.3, -0.25) is 0 Å². The van der Waals surface area contributed by atoms with Gasteiger partial charge in [-0.05, 0) is 28.9 Å². The first-order valence-corrected chi connectivity index (χ1v) is 4.75. The van der Waals surface area contributed by atoms with Crippen molar-refractivity contribution in [3.63, 3.8) is 0 Å². The van der Waals surface area contributed by atoms with Gasteiger partial charge >= 0.3 is 5.97 Å². The summed E-state index contributed by atoms with van der Waals surface area (Å²) >= 11 is 3.20. The molecule has 2 heterocycles. The molecule has 0 bridgehead atoms. The van der Waals surface area contributed by atoms with E-state index in [-0.39, 0.29) is 5.56 Å². The molecular weight excluding hydrogens is 248 g/mol. The van der Waals surface area contributed by atoms with Gasteiger partial charge in [-0.2, -0.15) is 0 Å². The van der Waals surface area contributed by atoms with Crippen LogP contribution >= 0.6 is 15.9 Å². The molecular formula is C9H7BrN2O2. The lowest BCUT2D eigenvalue weighted by atomic mass is 10.3. The summed E-state index contributed by atoms with van der Waals surface area (Å²) in [4.78, 5) is 15.0. The summed E-state index contributed by atoms with van der Waals surface area (Å²) in [5, 5.41) is 8.86. The summed E-state index contributed by atoms with van der Waals surface area (Å²) in [6, 6.07) is 1.54. The minimum Gasteiger partial charge on any atom is -0.478 e. The number of aromatic carboxylic acids is 1. The lowest BCUT2D eigenvalue weighted by Crippen LogP contribution is -1.99. The molecule has 14 heavy (non-hydrogen) atoms. The number of fused-ring (bicyclic) bond motifs is 1. The van der Waals surface area contributed by atoms with Gasteiger partial charge in [0, 0.05) is 16.9 Å². The lowest BCUT2D eigenvalue weighted by Gasteiger charge is -1.99. The highest BCUT2D eigenvalue weighted by molar-refractivity contribution is 9.10. The van der Waals surface area contributed by atoms with Gasteiger partial charge in [0.1, 0.15) is 5.65 Å². The van der Waals surface area contributed by atoms with E-state index in [1.54, 1.807) is 16.7 Å². The van der Waals surface area contributed by atoms with Crippen LogP contribution in [0, 0.1) is 6.92 Å². The average molecular weight is 255 g/mol. The number of nitrogens with zero attached hydrogens (tertiary/aromatic N) is 2. The third-order valence-electron chi connectivity index (χ3n) is 1.89. The van der Waals surface area contributed by atoms with Crippen molar-refractivity contribution in [2.75, 3.05) is 0 Å². The van der Waals surface area contributed by atoms with Gasteiger partial charge < -0.3 is 9.51 Å². The van der Waals surface area contributed by atoms with E-state index in [0.717, 1.165) is 5.69 Å². The predicted octanol–water partition coefficient (Wildman–Crippen LogP) is 2.10. The monoisotopic (exact) mass is 254 g/mol. The molecule has 0 spiro atoms. The van der Waals surface area contributed by atoms with E-state index in [1.807, 2.05) is 13.1 Å². The second-order valence-electron chi connectivity index (χ2n) is 2.99. The Hall–Kier alpha value is -1.36. The van der Waals surface area contributed by atoms with Crippen molar-refractivity contribution in [1.29, 1.82) is 0 Å². The molecule has 5 heteroatoms. The van der Waals surface area contributed by atoms with Gasteiger partial charge in [-0.1, -0.05) is 0 Å². The molecule has 0 aliphatic carbocycles. The summed E-state index contributed by atoms with van der Waals surface area (Å²) in [5.74, 6) is -0.958. The summed E-state index contributed by atoms with van der Waals surface area (Å²) in [5.41, 5.74) is 1.73. The number of aromatic nitrogens is 2. The molecule has 72 valence electrons. The van der Waals surface area contributed by atoms with Crippen molar-refractivity contribution in [3.05, 3.63) is 34.2 Å². The quantitative estimate of drug-likeness (QED) is 0.848. The number of carbonyl (C=O) groups is 1. The molecule has 0 atom stereocenters. The number of pyridine rings is 1. The highest BCUT2D eigenvalue weighted by Gasteiger charge is 2.10. The van der Waals surface area contributed by atoms with Crippen molar-refractivity contribution >= 4 is 27.5 Å². The average Bonchev–Trinajstić information content (AvgIpc) is 2.42. The minimum absolute atomic E-state index is 0.225. The molecule has 4 nitrogen and oxygen atoms in total. The van der Waals surface area contributed by atoms with Crippen LogP contribution in [-0.2, 0) is 0 Å². The van der Waals surface area contributed by atoms with Crippen LogP contribution in [-0.4, -0.2) is 20.5 Å². The van der Waals surface area contributed by atoms with Crippen LogP contribution in [0.1, 0.15) is 16.1 Å². The molecule has 0 saturated heterocycles. The largest absolute Gasteiger partial charge is 0.478 e. The standard InChI is InChI=1S/C9H7BrN2O2/c1-5-3-12-4-7(10)6(9(13)14)2-8(12)11-5/h2-4H,1H3,(H,13,14). The Kier molecular flexibility index (Phi) is 2.03. The highest BCUT2D eigenvalue weighted by Crippen LogP contribution is 2.18. The molecule has 0 aromatic carbocycles. The normalized spacial score (nSPS) is 10.7. The van der Waals surface area contributed by atoms with E-state index in [0.29, 0.717) is 10.1 Å². The third kappa shape index (κ3) is 1.39. The van der Waals surface area contributed by atoms with Crippen LogP contribution in [0.25, 0.3) is 5.65 Å². The zero-order valence-electron chi connectivity index (χ0n) is 7.36. The molecule has 0 amide bonds. The molecule has 0 radical (unpaired) electrons. The predicted molar refractivity (Wildman–Crippen MR) is 54.6 cm³/mol. The van der Waals surface area contributed by atoms with Crippen molar-refractivity contribution in [2.24, 2.45) is 0 Å². The Morgan fingerprint density at radius 2 is 2.29 bits per heavy atom. The van der Waals surface area contributed by atoms with E-state index in [1.165, 1.54) is 0 Å². The van der Waals surface area contributed by atoms with Crippen LogP contribution in [0.15, 0.2) is 22.9 Å². The Bertz CT molecular complexity index is 519. The second-order valence-corrected chi connectivity index (χ2v) is 3.84. The van der Waals surface area contributed by atoms with Gasteiger partial charge in [0.2, 0.25) is 0 Å². The first-order chi connectivity index (χ1) is 6.58. The van der Waals surface area contributed by atoms with Crippen LogP contribution < -0.4 is 0 Å². The number of carboxylic acids is 1. The lowest BCUT2D eigenvalue weighted by molar-refractivity contribution is 0.0696. The van der Waals surface area contributed by atoms with Gasteiger partial charge in [0.15, 0.2) is 0 Å². The SMILES string of the molecule is Cc1cn2cc(Br)c(C(=O)O)cc2n1. The number of rotatable bonds is 1. The summed E-state index contributed by atoms with van der Waals surface area (Å²) < 4.78 is 2.33. The van der Waals surface area contributed by atoms with Gasteiger partial charge in [0.05, 0.1) is 11.3 Å². The number of hydrogen-bond acceptors (Lipinski definition) is 2. The third-order valence-corrected chi connectivity index (χ3v) is 2.53. The maximum absolute atomic E-state index is 10.8. The van der Waals surface area contributed by atoms with Gasteiger partial charge in [0.25, 0.3) is 0 Å². The Balaban J connectivity index is 2.76. The topological polar surface area (TPSA) is 54.6 Å². The molecule has 2 rings (SSSR count). The number of imidazole rings is 1. The zero-order valence-corrected chi connectivity index (χ0v) is 8.95. The molecule has 2 aromatic rings. The molecule has 0 aliphatic rings. The van der Waals surface area contributed by atoms with E-state index in [4.69, 9.17) is 5.11 Å². The van der Waals surface area contributed by atoms with Crippen molar-refractivity contribution in [3.8, 4) is 0 Å². The Morgan fingerprint density at radius 3 is 2.93 bits per heavy atom. The maximum Gasteiger partial charge on any atom is 0.337 e. The number of aryl methyl sites for hydroxylation is 1. The fourth-order valence-electron chi connectivity index (χ4n) is 1.30. The second kappa shape index (κ2) is 3.09. The first-order valence-electron chi connectivity index (χ1n) is 3.96. The van der Waals surface area contributed by atoms with Crippen molar-refractivity contribution < 1.29 is 9.90 Å². The van der Waals surface area contributed by atoms with E-state index < -0.39 is 5.97 Å². The van der Waals surface area contributed by atoms with Crippen LogP contribution in [0.4, 0.5) is 0 Å². The van der Waals surface area contributed by atoms with Crippen LogP contribution in [0.3, 0.4) is 0 Å². The molecule has 0 fully saturated rings. The fraction of sp³-hybridized carbons (Fsp3) is 0.111. The van der Waals surface area contributed by atoms with Crippen LogP contribution in [0.5, 0.6) is 0 Å². The number of hydrogen-bond donors (Lipinski definition) is 1. The van der Waals surface area contributed by atoms with Gasteiger partial charge in [-0.25, -0.2) is 9.78 Å². The van der Waals surface area contributed by atoms with Gasteiger partial charge in [-0.15, -0.1) is 0 Å². The minimum atomic E-state index is -0.958. The summed E-state index contributed by atoms with van der Waals surface area (Å²) in [7, 11) is 0. The fourth-order valence-corrected chi connectivity index (χ4v) is 1.80. The highest BCUT2D eigenvalue weighted by atomic mass is 79.9. The number of carboxylic acid groups (broad SMARTS) is 1. The number of halogens is 1. The summed E-state index contributed by atoms with van der Waals surface area (Å²) in [6.07, 6.45) is 3.53. The van der Waals surface area contributed by atoms with E-state index in [9.17, 15) is 4.79 Å². The van der Waals surface area contributed by atoms with Crippen molar-refractivity contribution in [2.45, 2.75) is 6.92 Å². The molecule has 0 aliphatic heterocycles. The Labute approximate surface area is 88.3 Å². The maximum atomic E-state index is 10.8. The van der Waals surface area contributed by atoms with E-state index in [2.05, 4.69) is 20.9 Å². The van der Waals surface area contributed by atoms with Crippen molar-refractivity contribution in [1.82, 2.24) is 9.38 Å². The molecule has 0 saturated carbocycles. The molecule has 1 N–H and O–H groups in total. The molecule has 0 unspecified atom stereocenters. The first kappa shape index (κ1) is 9.21. The smallest absolute Gasteiger partial charge is 0.337 e. The van der Waals surface area contributed by atoms with E-state index >= 15 is 0 Å². The molecule has 2 aromatic heterocycles. The zero-order chi connectivity index (χ0) is 10.3. The summed E-state index contributed by atoms with van der Waals surface area (Å²) in [6.45, 7) is 1.86.